The molecule has 0 bridgehead atoms. The molecule has 31 heavy (non-hydrogen) atoms. The van der Waals surface area contributed by atoms with E-state index in [0.29, 0.717) is 5.82 Å². The molecular formula is C18H12F3N7O3. The van der Waals surface area contributed by atoms with Crippen LogP contribution in [-0.2, 0) is 6.54 Å². The number of benzene rings is 2. The van der Waals surface area contributed by atoms with E-state index in [4.69, 9.17) is 4.52 Å². The molecule has 0 radical (unpaired) electrons. The number of aromatic nitrogens is 6. The Morgan fingerprint density at radius 3 is 2.55 bits per heavy atom. The molecule has 0 atom stereocenters. The Morgan fingerprint density at radius 1 is 1.10 bits per heavy atom. The maximum absolute atomic E-state index is 12.2. The van der Waals surface area contributed by atoms with Crippen LogP contribution in [-0.4, -0.2) is 42.6 Å². The second kappa shape index (κ2) is 8.22. The van der Waals surface area contributed by atoms with Gasteiger partial charge in [-0.1, -0.05) is 35.5 Å². The molecule has 0 aliphatic carbocycles. The minimum absolute atomic E-state index is 0.0588. The lowest BCUT2D eigenvalue weighted by Crippen LogP contribution is -2.24. The molecule has 0 saturated carbocycles. The number of hydrogen-bond acceptors (Lipinski definition) is 8. The van der Waals surface area contributed by atoms with Gasteiger partial charge in [0, 0.05) is 5.56 Å². The summed E-state index contributed by atoms with van der Waals surface area (Å²) in [5.74, 6) is -0.739. The molecule has 0 spiro atoms. The summed E-state index contributed by atoms with van der Waals surface area (Å²) < 4.78 is 45.5. The maximum Gasteiger partial charge on any atom is 0.573 e. The van der Waals surface area contributed by atoms with E-state index in [1.807, 2.05) is 30.3 Å². The van der Waals surface area contributed by atoms with Crippen molar-refractivity contribution in [1.82, 2.24) is 35.7 Å². The molecular weight excluding hydrogens is 419 g/mol. The first-order chi connectivity index (χ1) is 14.9. The zero-order valence-corrected chi connectivity index (χ0v) is 15.4. The highest BCUT2D eigenvalue weighted by Gasteiger charge is 2.31. The van der Waals surface area contributed by atoms with Gasteiger partial charge in [0.2, 0.25) is 11.7 Å². The molecule has 13 heteroatoms. The Hall–Kier alpha value is -4.29. The Bertz CT molecular complexity index is 1170. The molecule has 158 valence electrons. The summed E-state index contributed by atoms with van der Waals surface area (Å²) in [4.78, 5) is 17.4. The van der Waals surface area contributed by atoms with Crippen LogP contribution < -0.4 is 10.1 Å². The molecule has 0 fully saturated rings. The second-order valence-electron chi connectivity index (χ2n) is 6.00. The average Bonchev–Trinajstić information content (AvgIpc) is 3.42. The molecule has 0 aliphatic heterocycles. The van der Waals surface area contributed by atoms with E-state index in [0.717, 1.165) is 22.5 Å². The Labute approximate surface area is 171 Å². The van der Waals surface area contributed by atoms with Crippen molar-refractivity contribution >= 4 is 5.91 Å². The number of ether oxygens (including phenoxy) is 1. The summed E-state index contributed by atoms with van der Waals surface area (Å²) in [6.45, 7) is -0.0588. The number of carbonyl (C=O) groups is 1. The Balaban J connectivity index is 1.37. The third-order valence-corrected chi connectivity index (χ3v) is 3.82. The molecule has 2 heterocycles. The van der Waals surface area contributed by atoms with Gasteiger partial charge in [-0.2, -0.15) is 4.98 Å². The number of nitrogens with zero attached hydrogens (tertiary/aromatic N) is 6. The smallest absolute Gasteiger partial charge is 0.406 e. The predicted molar refractivity (Wildman–Crippen MR) is 96.7 cm³/mol. The zero-order chi connectivity index (χ0) is 21.8. The van der Waals surface area contributed by atoms with Gasteiger partial charge in [0.1, 0.15) is 5.75 Å². The number of tetrazole rings is 1. The van der Waals surface area contributed by atoms with Crippen molar-refractivity contribution in [2.24, 2.45) is 0 Å². The fourth-order valence-electron chi connectivity index (χ4n) is 2.46. The summed E-state index contributed by atoms with van der Waals surface area (Å²) in [5.41, 5.74) is 1.05. The number of rotatable bonds is 6. The standard InChI is InChI=1S/C18H12F3N7O3/c19-18(20,21)30-13-8-6-12(7-9-13)28-25-16(24-27-28)17(29)22-10-14-23-15(26-31-14)11-4-2-1-3-5-11/h1-9H,10H2,(H,22,29). The van der Waals surface area contributed by atoms with E-state index in [9.17, 15) is 18.0 Å². The third-order valence-electron chi connectivity index (χ3n) is 3.82. The van der Waals surface area contributed by atoms with Crippen molar-refractivity contribution in [3.05, 3.63) is 66.3 Å². The topological polar surface area (TPSA) is 121 Å². The largest absolute Gasteiger partial charge is 0.573 e. The van der Waals surface area contributed by atoms with Gasteiger partial charge in [0.15, 0.2) is 0 Å². The molecule has 4 rings (SSSR count). The molecule has 10 nitrogen and oxygen atoms in total. The highest BCUT2D eigenvalue weighted by molar-refractivity contribution is 5.90. The van der Waals surface area contributed by atoms with Gasteiger partial charge in [0.25, 0.3) is 11.7 Å². The first-order valence-corrected chi connectivity index (χ1v) is 8.70. The van der Waals surface area contributed by atoms with E-state index in [2.05, 4.69) is 35.6 Å². The number of carbonyl (C=O) groups excluding carboxylic acids is 1. The van der Waals surface area contributed by atoms with Gasteiger partial charge in [0.05, 0.1) is 12.2 Å². The van der Waals surface area contributed by atoms with Gasteiger partial charge >= 0.3 is 6.36 Å². The normalized spacial score (nSPS) is 11.3. The van der Waals surface area contributed by atoms with Gasteiger partial charge in [-0.25, -0.2) is 0 Å². The van der Waals surface area contributed by atoms with Crippen LogP contribution in [0.2, 0.25) is 0 Å². The van der Waals surface area contributed by atoms with Crippen LogP contribution in [0.1, 0.15) is 16.5 Å². The van der Waals surface area contributed by atoms with E-state index in [1.165, 1.54) is 12.1 Å². The number of hydrogen-bond donors (Lipinski definition) is 1. The van der Waals surface area contributed by atoms with Crippen molar-refractivity contribution in [3.8, 4) is 22.8 Å². The van der Waals surface area contributed by atoms with E-state index < -0.39 is 18.0 Å². The monoisotopic (exact) mass is 431 g/mol. The lowest BCUT2D eigenvalue weighted by Gasteiger charge is -2.08. The van der Waals surface area contributed by atoms with Crippen LogP contribution in [0.4, 0.5) is 13.2 Å². The second-order valence-corrected chi connectivity index (χ2v) is 6.00. The molecule has 2 aromatic carbocycles. The summed E-state index contributed by atoms with van der Waals surface area (Å²) >= 11 is 0. The van der Waals surface area contributed by atoms with Gasteiger partial charge in [-0.05, 0) is 29.5 Å². The highest BCUT2D eigenvalue weighted by atomic mass is 19.4. The summed E-state index contributed by atoms with van der Waals surface area (Å²) in [7, 11) is 0. The van der Waals surface area contributed by atoms with Crippen LogP contribution >= 0.6 is 0 Å². The minimum Gasteiger partial charge on any atom is -0.406 e. The fourth-order valence-corrected chi connectivity index (χ4v) is 2.46. The van der Waals surface area contributed by atoms with Crippen molar-refractivity contribution in [3.63, 3.8) is 0 Å². The van der Waals surface area contributed by atoms with Crippen LogP contribution in [0.15, 0.2) is 59.1 Å². The predicted octanol–water partition coefficient (Wildman–Crippen LogP) is 2.54. The molecule has 4 aromatic rings. The number of alkyl halides is 3. The van der Waals surface area contributed by atoms with Crippen LogP contribution in [0.25, 0.3) is 17.1 Å². The lowest BCUT2D eigenvalue weighted by atomic mass is 10.2. The quantitative estimate of drug-likeness (QED) is 0.495. The van der Waals surface area contributed by atoms with Gasteiger partial charge in [-0.3, -0.25) is 4.79 Å². The number of amides is 1. The van der Waals surface area contributed by atoms with E-state index in [1.54, 1.807) is 0 Å². The lowest BCUT2D eigenvalue weighted by molar-refractivity contribution is -0.274. The summed E-state index contributed by atoms with van der Waals surface area (Å²) in [6, 6.07) is 13.9. The molecule has 1 amide bonds. The van der Waals surface area contributed by atoms with Crippen molar-refractivity contribution in [2.75, 3.05) is 0 Å². The van der Waals surface area contributed by atoms with E-state index >= 15 is 0 Å². The van der Waals surface area contributed by atoms with Crippen LogP contribution in [0, 0.1) is 0 Å². The van der Waals surface area contributed by atoms with Crippen molar-refractivity contribution in [1.29, 1.82) is 0 Å². The molecule has 1 N–H and O–H groups in total. The average molecular weight is 431 g/mol. The number of halogens is 3. The molecule has 0 saturated heterocycles. The first kappa shape index (κ1) is 20.0. The van der Waals surface area contributed by atoms with Crippen LogP contribution in [0.3, 0.4) is 0 Å². The van der Waals surface area contributed by atoms with Gasteiger partial charge in [-0.15, -0.1) is 28.2 Å². The zero-order valence-electron chi connectivity index (χ0n) is 15.4. The van der Waals surface area contributed by atoms with E-state index in [-0.39, 0.29) is 23.9 Å². The van der Waals surface area contributed by atoms with Crippen molar-refractivity contribution in [2.45, 2.75) is 12.9 Å². The van der Waals surface area contributed by atoms with Crippen molar-refractivity contribution < 1.29 is 27.2 Å². The maximum atomic E-state index is 12.2. The number of nitrogens with one attached hydrogen (secondary N) is 1. The summed E-state index contributed by atoms with van der Waals surface area (Å²) in [5, 5.41) is 17.6. The Morgan fingerprint density at radius 2 is 1.84 bits per heavy atom. The Kier molecular flexibility index (Phi) is 5.30. The molecule has 2 aromatic heterocycles. The minimum atomic E-state index is -4.79. The first-order valence-electron chi connectivity index (χ1n) is 8.70. The highest BCUT2D eigenvalue weighted by Crippen LogP contribution is 2.23. The van der Waals surface area contributed by atoms with Crippen LogP contribution in [0.5, 0.6) is 5.75 Å². The molecule has 0 unspecified atom stereocenters. The fraction of sp³-hybridized carbons (Fsp3) is 0.111. The molecule has 0 aliphatic rings. The SMILES string of the molecule is O=C(NCc1nc(-c2ccccc2)no1)c1nnn(-c2ccc(OC(F)(F)F)cc2)n1. The third kappa shape index (κ3) is 5.01. The van der Waals surface area contributed by atoms with Gasteiger partial charge < -0.3 is 14.6 Å². The summed E-state index contributed by atoms with van der Waals surface area (Å²) in [6.07, 6.45) is -4.79.